The fourth-order valence-electron chi connectivity index (χ4n) is 13.4. The Kier molecular flexibility index (Phi) is 10.4. The molecule has 4 heteroatoms. The second-order valence-corrected chi connectivity index (χ2v) is 27.2. The van der Waals surface area contributed by atoms with Crippen molar-refractivity contribution in [2.24, 2.45) is 0 Å². The Morgan fingerprint density at radius 3 is 1.70 bits per heavy atom. The average Bonchev–Trinajstić information content (AvgIpc) is 3.72. The number of anilines is 5. The largest absolute Gasteiger partial charge is 0.440 e. The standard InChI is InChI=1S/C69H75BN2O/c1-42-21-19-20-24-48(42)44-35-51-49-28-25-46(65(5,6)7)38-58(49)72(47-27-29-53-54(39-47)67(10,11)32-31-66(53,8)9)70-61(51)59(36-44)71(57-30-26-45(64(2,3)4)37-50(57)43-22-17-16-18-23-43)63-62(70)52-40-55-56(41-60(52)73-63)69(14,15)34-33-68(55,12)13/h16-30,35-41H,31-34H2,1-15H3. The number of hydrogen-bond acceptors (Lipinski definition) is 3. The van der Waals surface area contributed by atoms with Crippen LogP contribution >= 0.6 is 0 Å². The summed E-state index contributed by atoms with van der Waals surface area (Å²) in [6.45, 7) is 35.7. The predicted octanol–water partition coefficient (Wildman–Crippen LogP) is 18.1. The molecule has 3 heterocycles. The lowest BCUT2D eigenvalue weighted by molar-refractivity contribution is 0.332. The SMILES string of the molecule is Cc1ccccc1-c1cc2c3c(c1)N(c1ccc(C(C)(C)C)cc1-c1ccccc1)c1oc4cc5c(cc4c1B3N(c1ccc3c(c1)C(C)(C)CCC3(C)C)c1cc(C(C)(C)C)ccc1-2)C(C)(C)CCC5(C)C. The van der Waals surface area contributed by atoms with E-state index in [1.807, 2.05) is 0 Å². The minimum absolute atomic E-state index is 0.00364. The van der Waals surface area contributed by atoms with E-state index < -0.39 is 0 Å². The fourth-order valence-corrected chi connectivity index (χ4v) is 13.4. The molecule has 4 aliphatic rings. The topological polar surface area (TPSA) is 19.6 Å². The Bertz CT molecular complexity index is 3570. The second kappa shape index (κ2) is 15.9. The van der Waals surface area contributed by atoms with Crippen LogP contribution in [0.3, 0.4) is 0 Å². The molecule has 1 aromatic heterocycles. The van der Waals surface area contributed by atoms with Crippen LogP contribution in [0.15, 0.2) is 138 Å². The van der Waals surface area contributed by atoms with Gasteiger partial charge in [0, 0.05) is 39.0 Å². The maximum absolute atomic E-state index is 7.80. The van der Waals surface area contributed by atoms with Crippen molar-refractivity contribution in [2.45, 2.75) is 162 Å². The van der Waals surface area contributed by atoms with Gasteiger partial charge in [-0.25, -0.2) is 0 Å². The molecule has 0 radical (unpaired) electrons. The van der Waals surface area contributed by atoms with Crippen molar-refractivity contribution in [3.63, 3.8) is 0 Å². The first-order valence-corrected chi connectivity index (χ1v) is 27.3. The molecule has 0 unspecified atom stereocenters. The van der Waals surface area contributed by atoms with Crippen LogP contribution in [0.5, 0.6) is 0 Å². The molecule has 0 saturated carbocycles. The summed E-state index contributed by atoms with van der Waals surface area (Å²) in [5.41, 5.74) is 25.3. The van der Waals surface area contributed by atoms with E-state index >= 15 is 0 Å². The van der Waals surface area contributed by atoms with Crippen LogP contribution in [0.25, 0.3) is 44.3 Å². The number of furan rings is 1. The lowest BCUT2D eigenvalue weighted by Gasteiger charge is -2.46. The van der Waals surface area contributed by atoms with Crippen LogP contribution in [0.2, 0.25) is 0 Å². The van der Waals surface area contributed by atoms with Crippen LogP contribution in [-0.4, -0.2) is 6.85 Å². The van der Waals surface area contributed by atoms with Crippen LogP contribution in [0.1, 0.15) is 162 Å². The minimum atomic E-state index is -0.212. The van der Waals surface area contributed by atoms with Gasteiger partial charge in [0.05, 0.1) is 5.69 Å². The smallest absolute Gasteiger partial charge is 0.337 e. The monoisotopic (exact) mass is 959 g/mol. The van der Waals surface area contributed by atoms with E-state index in [0.29, 0.717) is 0 Å². The van der Waals surface area contributed by atoms with E-state index in [0.717, 1.165) is 42.1 Å². The summed E-state index contributed by atoms with van der Waals surface area (Å²) in [4.78, 5) is 5.30. The average molecular weight is 959 g/mol. The second-order valence-electron chi connectivity index (χ2n) is 27.2. The quantitative estimate of drug-likeness (QED) is 0.164. The van der Waals surface area contributed by atoms with E-state index in [4.69, 9.17) is 4.42 Å². The molecule has 12 rings (SSSR count). The molecule has 0 saturated heterocycles. The van der Waals surface area contributed by atoms with E-state index in [-0.39, 0.29) is 39.3 Å². The molecule has 0 amide bonds. The summed E-state index contributed by atoms with van der Waals surface area (Å²) in [7, 11) is 0. The van der Waals surface area contributed by atoms with Crippen molar-refractivity contribution in [1.82, 2.24) is 0 Å². The molecule has 0 spiro atoms. The summed E-state index contributed by atoms with van der Waals surface area (Å²) >= 11 is 0. The van der Waals surface area contributed by atoms with Crippen LogP contribution < -0.4 is 20.6 Å². The van der Waals surface area contributed by atoms with Crippen LogP contribution in [0.4, 0.5) is 28.6 Å². The van der Waals surface area contributed by atoms with E-state index in [9.17, 15) is 0 Å². The molecule has 2 aliphatic heterocycles. The maximum Gasteiger partial charge on any atom is 0.337 e. The highest BCUT2D eigenvalue weighted by molar-refractivity contribution is 6.95. The van der Waals surface area contributed by atoms with Crippen molar-refractivity contribution < 1.29 is 4.42 Å². The van der Waals surface area contributed by atoms with Gasteiger partial charge >= 0.3 is 6.85 Å². The molecule has 3 nitrogen and oxygen atoms in total. The van der Waals surface area contributed by atoms with Gasteiger partial charge in [-0.3, -0.25) is 4.90 Å². The number of rotatable bonds is 4. The first kappa shape index (κ1) is 47.7. The predicted molar refractivity (Wildman–Crippen MR) is 314 cm³/mol. The summed E-state index contributed by atoms with van der Waals surface area (Å²) in [6.07, 6.45) is 4.60. The number of hydrogen-bond donors (Lipinski definition) is 0. The molecule has 7 aromatic carbocycles. The van der Waals surface area contributed by atoms with Crippen molar-refractivity contribution >= 4 is 57.4 Å². The van der Waals surface area contributed by atoms with Crippen molar-refractivity contribution in [1.29, 1.82) is 0 Å². The molecule has 0 N–H and O–H groups in total. The molecule has 2 aliphatic carbocycles. The zero-order valence-corrected chi connectivity index (χ0v) is 46.4. The third-order valence-electron chi connectivity index (χ3n) is 18.3. The Labute approximate surface area is 437 Å². The minimum Gasteiger partial charge on any atom is -0.440 e. The first-order chi connectivity index (χ1) is 34.3. The Morgan fingerprint density at radius 2 is 1.04 bits per heavy atom. The first-order valence-electron chi connectivity index (χ1n) is 27.3. The number of nitrogens with zero attached hydrogens (tertiary/aromatic N) is 2. The van der Waals surface area contributed by atoms with E-state index in [2.05, 4.69) is 247 Å². The van der Waals surface area contributed by atoms with Gasteiger partial charge in [-0.1, -0.05) is 176 Å². The Balaban J connectivity index is 1.27. The zero-order valence-electron chi connectivity index (χ0n) is 46.4. The van der Waals surface area contributed by atoms with Gasteiger partial charge in [0.25, 0.3) is 0 Å². The Morgan fingerprint density at radius 1 is 0.452 bits per heavy atom. The number of aryl methyl sites for hydroxylation is 1. The number of fused-ring (bicyclic) bond motifs is 8. The van der Waals surface area contributed by atoms with Crippen molar-refractivity contribution in [3.05, 3.63) is 172 Å². The molecule has 8 aromatic rings. The van der Waals surface area contributed by atoms with Crippen molar-refractivity contribution in [3.8, 4) is 33.4 Å². The van der Waals surface area contributed by atoms with Crippen LogP contribution in [-0.2, 0) is 32.5 Å². The van der Waals surface area contributed by atoms with Gasteiger partial charge in [-0.05, 0) is 186 Å². The van der Waals surface area contributed by atoms with Crippen molar-refractivity contribution in [2.75, 3.05) is 9.71 Å². The molecule has 0 bridgehead atoms. The summed E-state index contributed by atoms with van der Waals surface area (Å²) < 4.78 is 7.80. The lowest BCUT2D eigenvalue weighted by Crippen LogP contribution is -2.61. The van der Waals surface area contributed by atoms with Gasteiger partial charge in [-0.2, -0.15) is 0 Å². The molecule has 370 valence electrons. The fraction of sp³-hybridized carbons (Fsp3) is 0.362. The molecule has 0 fully saturated rings. The van der Waals surface area contributed by atoms with E-state index in [1.165, 1.54) is 106 Å². The van der Waals surface area contributed by atoms with Gasteiger partial charge in [0.1, 0.15) is 5.58 Å². The number of benzene rings is 7. The maximum atomic E-state index is 7.80. The van der Waals surface area contributed by atoms with Gasteiger partial charge in [0.2, 0.25) is 5.88 Å². The normalized spacial score (nSPS) is 17.9. The zero-order chi connectivity index (χ0) is 51.5. The molecule has 73 heavy (non-hydrogen) atoms. The Hall–Kier alpha value is -6.26. The van der Waals surface area contributed by atoms with Gasteiger partial charge < -0.3 is 9.23 Å². The summed E-state index contributed by atoms with van der Waals surface area (Å²) in [5.74, 6) is 0.902. The molecular formula is C69H75BN2O. The van der Waals surface area contributed by atoms with Gasteiger partial charge in [-0.15, -0.1) is 0 Å². The van der Waals surface area contributed by atoms with E-state index in [1.54, 1.807) is 0 Å². The third kappa shape index (κ3) is 7.42. The highest BCUT2D eigenvalue weighted by Crippen LogP contribution is 2.55. The summed E-state index contributed by atoms with van der Waals surface area (Å²) in [5, 5.41) is 1.21. The van der Waals surface area contributed by atoms with Crippen LogP contribution in [0, 0.1) is 6.92 Å². The molecule has 0 atom stereocenters. The molecular weight excluding hydrogens is 884 g/mol. The van der Waals surface area contributed by atoms with Gasteiger partial charge in [0.15, 0.2) is 0 Å². The highest BCUT2D eigenvalue weighted by atomic mass is 16.4. The lowest BCUT2D eigenvalue weighted by atomic mass is 9.43. The highest BCUT2D eigenvalue weighted by Gasteiger charge is 2.50. The third-order valence-corrected chi connectivity index (χ3v) is 18.3. The summed E-state index contributed by atoms with van der Waals surface area (Å²) in [6, 6.07) is 52.2.